The maximum absolute atomic E-state index is 14.4. The van der Waals surface area contributed by atoms with Crippen LogP contribution in [-0.4, -0.2) is 48.2 Å². The van der Waals surface area contributed by atoms with Crippen LogP contribution in [0.4, 0.5) is 18.9 Å². The maximum Gasteiger partial charge on any atom is 0.266 e. The van der Waals surface area contributed by atoms with Crippen LogP contribution >= 0.6 is 35.3 Å². The van der Waals surface area contributed by atoms with Crippen molar-refractivity contribution in [1.29, 1.82) is 0 Å². The number of carbonyl (C=O) groups excluding carboxylic acids is 2. The van der Waals surface area contributed by atoms with Gasteiger partial charge in [-0.2, -0.15) is 5.21 Å². The Kier molecular flexibility index (Phi) is 7.35. The minimum absolute atomic E-state index is 0.0148. The number of aromatic nitrogens is 4. The molecule has 3 heterocycles. The number of thioether (sulfide) groups is 1. The minimum atomic E-state index is -0.941. The van der Waals surface area contributed by atoms with Crippen LogP contribution in [0.25, 0.3) is 28.6 Å². The molecule has 0 aliphatic carbocycles. The van der Waals surface area contributed by atoms with Crippen molar-refractivity contribution in [2.45, 2.75) is 6.42 Å². The number of benzene rings is 2. The monoisotopic (exact) mass is 572 g/mol. The van der Waals surface area contributed by atoms with Crippen molar-refractivity contribution >= 4 is 63.2 Å². The molecule has 2 N–H and O–H groups in total. The average molecular weight is 573 g/mol. The highest BCUT2D eigenvalue weighted by atomic mass is 32.2. The molecule has 0 radical (unpaired) electrons. The first-order valence-electron chi connectivity index (χ1n) is 10.9. The molecule has 8 nitrogen and oxygen atoms in total. The van der Waals surface area contributed by atoms with Crippen LogP contribution in [0.2, 0.25) is 0 Å². The van der Waals surface area contributed by atoms with Crippen molar-refractivity contribution in [2.75, 3.05) is 11.9 Å². The Balaban J connectivity index is 1.20. The van der Waals surface area contributed by atoms with Crippen molar-refractivity contribution in [3.63, 3.8) is 0 Å². The summed E-state index contributed by atoms with van der Waals surface area (Å²) in [5, 5.41) is 17.5. The van der Waals surface area contributed by atoms with E-state index in [1.807, 2.05) is 0 Å². The largest absolute Gasteiger partial charge is 0.324 e. The van der Waals surface area contributed by atoms with Crippen molar-refractivity contribution in [3.8, 4) is 22.5 Å². The summed E-state index contributed by atoms with van der Waals surface area (Å²) in [4.78, 5) is 27.7. The van der Waals surface area contributed by atoms with Gasteiger partial charge < -0.3 is 5.32 Å². The normalized spacial score (nSPS) is 14.5. The third kappa shape index (κ3) is 5.51. The van der Waals surface area contributed by atoms with Crippen LogP contribution < -0.4 is 5.32 Å². The van der Waals surface area contributed by atoms with Gasteiger partial charge in [0.15, 0.2) is 11.6 Å². The number of H-pyrrole nitrogens is 1. The number of rotatable bonds is 7. The average Bonchev–Trinajstić information content (AvgIpc) is 3.64. The molecule has 1 fully saturated rings. The van der Waals surface area contributed by atoms with Crippen LogP contribution in [0.15, 0.2) is 52.7 Å². The van der Waals surface area contributed by atoms with Crippen molar-refractivity contribution in [3.05, 3.63) is 75.1 Å². The number of hydrogen-bond donors (Lipinski definition) is 2. The van der Waals surface area contributed by atoms with Crippen LogP contribution in [0.1, 0.15) is 11.3 Å². The highest BCUT2D eigenvalue weighted by molar-refractivity contribution is 8.26. The van der Waals surface area contributed by atoms with Gasteiger partial charge in [0.05, 0.1) is 10.6 Å². The van der Waals surface area contributed by atoms with E-state index >= 15 is 0 Å². The van der Waals surface area contributed by atoms with Crippen LogP contribution in [0.3, 0.4) is 0 Å². The summed E-state index contributed by atoms with van der Waals surface area (Å²) in [5.74, 6) is -3.18. The lowest BCUT2D eigenvalue weighted by atomic mass is 10.1. The zero-order chi connectivity index (χ0) is 26.8. The fraction of sp³-hybridized carbons (Fsp3) is 0.0833. The summed E-state index contributed by atoms with van der Waals surface area (Å²) in [6.45, 7) is 0.0148. The summed E-state index contributed by atoms with van der Waals surface area (Å²) in [6.07, 6.45) is 1.55. The first-order valence-corrected chi connectivity index (χ1v) is 13.0. The Labute approximate surface area is 226 Å². The van der Waals surface area contributed by atoms with Crippen LogP contribution in [-0.2, 0) is 9.59 Å². The molecule has 1 aliphatic heterocycles. The second kappa shape index (κ2) is 10.8. The molecule has 2 aromatic heterocycles. The summed E-state index contributed by atoms with van der Waals surface area (Å²) in [6, 6.07) is 9.51. The zero-order valence-electron chi connectivity index (χ0n) is 19.1. The number of halogens is 3. The van der Waals surface area contributed by atoms with E-state index in [0.29, 0.717) is 25.9 Å². The van der Waals surface area contributed by atoms with E-state index in [-0.39, 0.29) is 30.4 Å². The molecule has 1 aliphatic rings. The second-order valence-corrected chi connectivity index (χ2v) is 10.5. The molecule has 0 saturated carbocycles. The molecular formula is C24H15F3N6O2S3. The van der Waals surface area contributed by atoms with Gasteiger partial charge in [-0.1, -0.05) is 30.0 Å². The summed E-state index contributed by atoms with van der Waals surface area (Å²) in [7, 11) is 0. The number of nitrogens with one attached hydrogen (secondary N) is 2. The number of nitrogens with zero attached hydrogens (tertiary/aromatic N) is 4. The van der Waals surface area contributed by atoms with Gasteiger partial charge in [0.2, 0.25) is 11.7 Å². The fourth-order valence-electron chi connectivity index (χ4n) is 3.54. The third-order valence-corrected chi connectivity index (χ3v) is 7.69. The van der Waals surface area contributed by atoms with E-state index < -0.39 is 23.4 Å². The van der Waals surface area contributed by atoms with Gasteiger partial charge in [0.25, 0.3) is 5.91 Å². The Morgan fingerprint density at radius 2 is 1.84 bits per heavy atom. The Morgan fingerprint density at radius 1 is 1.05 bits per heavy atom. The summed E-state index contributed by atoms with van der Waals surface area (Å²) < 4.78 is 41.5. The maximum atomic E-state index is 14.4. The van der Waals surface area contributed by atoms with E-state index in [1.54, 1.807) is 23.6 Å². The van der Waals surface area contributed by atoms with Gasteiger partial charge in [-0.15, -0.1) is 21.5 Å². The number of thiocarbonyl (C=S) groups is 1. The van der Waals surface area contributed by atoms with Gasteiger partial charge in [-0.3, -0.25) is 14.5 Å². The predicted molar refractivity (Wildman–Crippen MR) is 142 cm³/mol. The van der Waals surface area contributed by atoms with E-state index in [1.165, 1.54) is 34.4 Å². The van der Waals surface area contributed by atoms with Gasteiger partial charge >= 0.3 is 0 Å². The topological polar surface area (TPSA) is 104 Å². The number of amides is 2. The molecule has 0 bridgehead atoms. The molecule has 5 rings (SSSR count). The molecule has 192 valence electrons. The predicted octanol–water partition coefficient (Wildman–Crippen LogP) is 5.24. The van der Waals surface area contributed by atoms with Crippen molar-refractivity contribution in [1.82, 2.24) is 25.5 Å². The highest BCUT2D eigenvalue weighted by Gasteiger charge is 2.32. The van der Waals surface area contributed by atoms with Gasteiger partial charge in [-0.05, 0) is 64.2 Å². The lowest BCUT2D eigenvalue weighted by Gasteiger charge is -2.14. The molecule has 1 saturated heterocycles. The number of thiophene rings is 1. The Bertz CT molecular complexity index is 1590. The Hall–Kier alpha value is -3.88. The SMILES string of the molecule is O=C(CCN1C(=O)C(=Cc2cc(-c3ccc(F)c(F)c3)cs2)SC1=S)Nc1ccc(-c2nn[nH]n2)cc1F. The van der Waals surface area contributed by atoms with Crippen LogP contribution in [0.5, 0.6) is 0 Å². The van der Waals surface area contributed by atoms with E-state index in [2.05, 4.69) is 25.9 Å². The number of anilines is 1. The molecule has 4 aromatic rings. The smallest absolute Gasteiger partial charge is 0.266 e. The van der Waals surface area contributed by atoms with Gasteiger partial charge in [-0.25, -0.2) is 13.2 Å². The molecule has 2 aromatic carbocycles. The van der Waals surface area contributed by atoms with Gasteiger partial charge in [0.1, 0.15) is 10.1 Å². The zero-order valence-corrected chi connectivity index (χ0v) is 21.5. The molecule has 0 unspecified atom stereocenters. The number of tetrazole rings is 1. The highest BCUT2D eigenvalue weighted by Crippen LogP contribution is 2.35. The molecule has 2 amide bonds. The standard InChI is InChI=1S/C24H15F3N6O2S3/c25-16-3-1-12(8-17(16)26)14-7-15(37-11-14)10-20-23(35)33(24(36)38-20)6-5-21(34)28-19-4-2-13(9-18(19)27)22-29-31-32-30-22/h1-4,7-11H,5-6H2,(H,28,34)(H,29,30,31,32). The number of aromatic amines is 1. The minimum Gasteiger partial charge on any atom is -0.324 e. The second-order valence-electron chi connectivity index (χ2n) is 7.93. The lowest BCUT2D eigenvalue weighted by molar-refractivity contribution is -0.122. The van der Waals surface area contributed by atoms with E-state index in [0.717, 1.165) is 28.8 Å². The fourth-order valence-corrected chi connectivity index (χ4v) is 5.77. The Morgan fingerprint density at radius 3 is 2.58 bits per heavy atom. The number of hydrogen-bond acceptors (Lipinski definition) is 8. The van der Waals surface area contributed by atoms with Gasteiger partial charge in [0, 0.05) is 23.4 Å². The molecule has 0 spiro atoms. The van der Waals surface area contributed by atoms with Crippen molar-refractivity contribution < 1.29 is 22.8 Å². The van der Waals surface area contributed by atoms with Crippen LogP contribution in [0, 0.1) is 17.5 Å². The van der Waals surface area contributed by atoms with Crippen molar-refractivity contribution in [2.24, 2.45) is 0 Å². The van der Waals surface area contributed by atoms with E-state index in [9.17, 15) is 22.8 Å². The lowest BCUT2D eigenvalue weighted by Crippen LogP contribution is -2.31. The quantitative estimate of drug-likeness (QED) is 0.231. The third-order valence-electron chi connectivity index (χ3n) is 5.43. The molecule has 0 atom stereocenters. The molecule has 14 heteroatoms. The molecular weight excluding hydrogens is 557 g/mol. The molecule has 38 heavy (non-hydrogen) atoms. The summed E-state index contributed by atoms with van der Waals surface area (Å²) >= 11 is 7.75. The number of carbonyl (C=O) groups is 2. The first kappa shape index (κ1) is 25.8. The van der Waals surface area contributed by atoms with E-state index in [4.69, 9.17) is 12.2 Å². The first-order chi connectivity index (χ1) is 18.3. The summed E-state index contributed by atoms with van der Waals surface area (Å²) in [5.41, 5.74) is 1.56.